The number of nitrogens with zero attached hydrogens (tertiary/aromatic N) is 1. The molecular weight excluding hydrogens is 372 g/mol. The van der Waals surface area contributed by atoms with Crippen molar-refractivity contribution in [2.24, 2.45) is 0 Å². The average molecular weight is 401 g/mol. The Morgan fingerprint density at radius 3 is 2.04 bits per heavy atom. The normalized spacial score (nSPS) is 15.2. The standard InChI is InChI=1S/C22H28N2O3S/c1-17-8-12-20(13-9-17)24(16-22(25)23-19-6-4-3-5-7-19)28(26,27)21-14-10-18(2)11-15-21/h8-15,19H,3-7,16H2,1-2H3,(H,23,25). The van der Waals surface area contributed by atoms with E-state index in [1.54, 1.807) is 36.4 Å². The van der Waals surface area contributed by atoms with Crippen LogP contribution in [0.3, 0.4) is 0 Å². The SMILES string of the molecule is Cc1ccc(N(CC(=O)NC2CCCCC2)S(=O)(=O)c2ccc(C)cc2)cc1. The minimum atomic E-state index is -3.85. The highest BCUT2D eigenvalue weighted by Crippen LogP contribution is 2.24. The summed E-state index contributed by atoms with van der Waals surface area (Å²) in [6, 6.07) is 14.0. The highest BCUT2D eigenvalue weighted by molar-refractivity contribution is 7.92. The van der Waals surface area contributed by atoms with Gasteiger partial charge in [-0.15, -0.1) is 0 Å². The van der Waals surface area contributed by atoms with Gasteiger partial charge in [0.15, 0.2) is 0 Å². The van der Waals surface area contributed by atoms with E-state index in [1.165, 1.54) is 10.7 Å². The summed E-state index contributed by atoms with van der Waals surface area (Å²) in [6.07, 6.45) is 5.33. The molecule has 0 heterocycles. The number of benzene rings is 2. The molecule has 3 rings (SSSR count). The van der Waals surface area contributed by atoms with Crippen LogP contribution in [0.1, 0.15) is 43.2 Å². The van der Waals surface area contributed by atoms with Crippen molar-refractivity contribution < 1.29 is 13.2 Å². The third-order valence-electron chi connectivity index (χ3n) is 5.19. The molecule has 150 valence electrons. The molecule has 0 bridgehead atoms. The molecule has 1 fully saturated rings. The molecule has 1 aliphatic carbocycles. The Balaban J connectivity index is 1.87. The van der Waals surface area contributed by atoms with E-state index in [-0.39, 0.29) is 23.4 Å². The largest absolute Gasteiger partial charge is 0.352 e. The second-order valence-electron chi connectivity index (χ2n) is 7.56. The molecule has 1 amide bonds. The van der Waals surface area contributed by atoms with Crippen molar-refractivity contribution in [3.63, 3.8) is 0 Å². The van der Waals surface area contributed by atoms with E-state index in [9.17, 15) is 13.2 Å². The first-order valence-corrected chi connectivity index (χ1v) is 11.3. The van der Waals surface area contributed by atoms with E-state index in [4.69, 9.17) is 0 Å². The molecule has 0 aromatic heterocycles. The van der Waals surface area contributed by atoms with Crippen molar-refractivity contribution in [2.45, 2.75) is 56.9 Å². The zero-order chi connectivity index (χ0) is 20.1. The van der Waals surface area contributed by atoms with Crippen LogP contribution >= 0.6 is 0 Å². The summed E-state index contributed by atoms with van der Waals surface area (Å²) in [6.45, 7) is 3.62. The average Bonchev–Trinajstić information content (AvgIpc) is 2.68. The highest BCUT2D eigenvalue weighted by Gasteiger charge is 2.28. The molecule has 1 saturated carbocycles. The van der Waals surface area contributed by atoms with Gasteiger partial charge in [-0.3, -0.25) is 9.10 Å². The van der Waals surface area contributed by atoms with Crippen LogP contribution in [0.2, 0.25) is 0 Å². The monoisotopic (exact) mass is 400 g/mol. The maximum absolute atomic E-state index is 13.3. The van der Waals surface area contributed by atoms with Crippen molar-refractivity contribution in [2.75, 3.05) is 10.8 Å². The Kier molecular flexibility index (Phi) is 6.39. The Morgan fingerprint density at radius 2 is 1.46 bits per heavy atom. The summed E-state index contributed by atoms with van der Waals surface area (Å²) in [4.78, 5) is 12.9. The first-order chi connectivity index (χ1) is 13.4. The predicted octanol–water partition coefficient (Wildman–Crippen LogP) is 3.95. The van der Waals surface area contributed by atoms with Gasteiger partial charge in [-0.25, -0.2) is 8.42 Å². The minimum absolute atomic E-state index is 0.142. The van der Waals surface area contributed by atoms with Crippen molar-refractivity contribution in [1.29, 1.82) is 0 Å². The van der Waals surface area contributed by atoms with Gasteiger partial charge in [0.25, 0.3) is 10.0 Å². The Hall–Kier alpha value is -2.34. The number of rotatable bonds is 6. The fraction of sp³-hybridized carbons (Fsp3) is 0.409. The van der Waals surface area contributed by atoms with Crippen LogP contribution in [-0.4, -0.2) is 26.9 Å². The quantitative estimate of drug-likeness (QED) is 0.798. The molecule has 28 heavy (non-hydrogen) atoms. The van der Waals surface area contributed by atoms with Crippen molar-refractivity contribution in [3.05, 3.63) is 59.7 Å². The zero-order valence-electron chi connectivity index (χ0n) is 16.5. The van der Waals surface area contributed by atoms with Crippen molar-refractivity contribution in [3.8, 4) is 0 Å². The fourth-order valence-electron chi connectivity index (χ4n) is 3.51. The van der Waals surface area contributed by atoms with Gasteiger partial charge < -0.3 is 5.32 Å². The molecular formula is C22H28N2O3S. The summed E-state index contributed by atoms with van der Waals surface area (Å²) >= 11 is 0. The molecule has 1 N–H and O–H groups in total. The van der Waals surface area contributed by atoms with Gasteiger partial charge >= 0.3 is 0 Å². The van der Waals surface area contributed by atoms with Crippen LogP contribution in [0, 0.1) is 13.8 Å². The van der Waals surface area contributed by atoms with Gasteiger partial charge in [0, 0.05) is 6.04 Å². The van der Waals surface area contributed by atoms with Gasteiger partial charge in [0.2, 0.25) is 5.91 Å². The number of hydrogen-bond donors (Lipinski definition) is 1. The van der Waals surface area contributed by atoms with E-state index in [0.717, 1.165) is 36.8 Å². The van der Waals surface area contributed by atoms with Crippen LogP contribution in [0.25, 0.3) is 0 Å². The third-order valence-corrected chi connectivity index (χ3v) is 6.98. The van der Waals surface area contributed by atoms with Crippen LogP contribution in [-0.2, 0) is 14.8 Å². The minimum Gasteiger partial charge on any atom is -0.352 e. The van der Waals surface area contributed by atoms with Crippen LogP contribution < -0.4 is 9.62 Å². The summed E-state index contributed by atoms with van der Waals surface area (Å²) in [5.41, 5.74) is 2.50. The smallest absolute Gasteiger partial charge is 0.264 e. The number of nitrogens with one attached hydrogen (secondary N) is 1. The topological polar surface area (TPSA) is 66.5 Å². The summed E-state index contributed by atoms with van der Waals surface area (Å²) in [7, 11) is -3.85. The Bertz CT molecular complexity index is 900. The number of hydrogen-bond acceptors (Lipinski definition) is 3. The molecule has 1 aliphatic rings. The van der Waals surface area contributed by atoms with E-state index in [2.05, 4.69) is 5.32 Å². The first-order valence-electron chi connectivity index (χ1n) is 9.82. The van der Waals surface area contributed by atoms with Gasteiger partial charge in [-0.05, 0) is 51.0 Å². The fourth-order valence-corrected chi connectivity index (χ4v) is 4.94. The number of carbonyl (C=O) groups excluding carboxylic acids is 1. The lowest BCUT2D eigenvalue weighted by atomic mass is 9.95. The molecule has 0 saturated heterocycles. The Labute approximate surface area is 167 Å². The second-order valence-corrected chi connectivity index (χ2v) is 9.43. The molecule has 2 aromatic rings. The van der Waals surface area contributed by atoms with Gasteiger partial charge in [-0.2, -0.15) is 0 Å². The molecule has 0 spiro atoms. The first kappa shape index (κ1) is 20.4. The second kappa shape index (κ2) is 8.78. The molecule has 0 radical (unpaired) electrons. The lowest BCUT2D eigenvalue weighted by molar-refractivity contribution is -0.120. The third kappa shape index (κ3) is 4.93. The summed E-state index contributed by atoms with van der Waals surface area (Å²) < 4.78 is 27.8. The molecule has 6 heteroatoms. The highest BCUT2D eigenvalue weighted by atomic mass is 32.2. The summed E-state index contributed by atoms with van der Waals surface area (Å²) in [5.74, 6) is -0.261. The molecule has 2 aromatic carbocycles. The molecule has 0 atom stereocenters. The molecule has 5 nitrogen and oxygen atoms in total. The zero-order valence-corrected chi connectivity index (χ0v) is 17.3. The molecule has 0 aliphatic heterocycles. The van der Waals surface area contributed by atoms with Gasteiger partial charge in [0.1, 0.15) is 6.54 Å². The van der Waals surface area contributed by atoms with E-state index < -0.39 is 10.0 Å². The maximum atomic E-state index is 13.3. The lowest BCUT2D eigenvalue weighted by Crippen LogP contribution is -2.44. The lowest BCUT2D eigenvalue weighted by Gasteiger charge is -2.27. The number of sulfonamides is 1. The van der Waals surface area contributed by atoms with E-state index in [0.29, 0.717) is 5.69 Å². The number of carbonyl (C=O) groups is 1. The van der Waals surface area contributed by atoms with Crippen molar-refractivity contribution >= 4 is 21.6 Å². The maximum Gasteiger partial charge on any atom is 0.264 e. The summed E-state index contributed by atoms with van der Waals surface area (Å²) in [5, 5.41) is 3.02. The van der Waals surface area contributed by atoms with Crippen LogP contribution in [0.4, 0.5) is 5.69 Å². The number of aryl methyl sites for hydroxylation is 2. The predicted molar refractivity (Wildman–Crippen MR) is 112 cm³/mol. The van der Waals surface area contributed by atoms with E-state index in [1.807, 2.05) is 26.0 Å². The van der Waals surface area contributed by atoms with Gasteiger partial charge in [0.05, 0.1) is 10.6 Å². The number of anilines is 1. The van der Waals surface area contributed by atoms with Crippen LogP contribution in [0.15, 0.2) is 53.4 Å². The number of amides is 1. The Morgan fingerprint density at radius 1 is 0.929 bits per heavy atom. The van der Waals surface area contributed by atoms with E-state index >= 15 is 0 Å². The molecule has 0 unspecified atom stereocenters. The van der Waals surface area contributed by atoms with Gasteiger partial charge in [-0.1, -0.05) is 54.7 Å². The van der Waals surface area contributed by atoms with Crippen molar-refractivity contribution in [1.82, 2.24) is 5.32 Å². The van der Waals surface area contributed by atoms with Crippen LogP contribution in [0.5, 0.6) is 0 Å².